The molecule has 0 fully saturated rings. The van der Waals surface area contributed by atoms with E-state index in [1.807, 2.05) is 18.4 Å². The SMILES string of the molecule is Cc1nc(-c2c[nH]c(C(=O)NCCSCCCO)c2)cs1. The highest BCUT2D eigenvalue weighted by atomic mass is 32.2. The zero-order valence-corrected chi connectivity index (χ0v) is 13.5. The van der Waals surface area contributed by atoms with Crippen molar-refractivity contribution in [3.8, 4) is 11.3 Å². The number of H-pyrrole nitrogens is 1. The molecule has 3 N–H and O–H groups in total. The van der Waals surface area contributed by atoms with Crippen LogP contribution in [-0.2, 0) is 0 Å². The molecule has 0 saturated carbocycles. The third kappa shape index (κ3) is 4.87. The van der Waals surface area contributed by atoms with Crippen molar-refractivity contribution >= 4 is 29.0 Å². The fourth-order valence-electron chi connectivity index (χ4n) is 1.77. The minimum atomic E-state index is -0.101. The van der Waals surface area contributed by atoms with E-state index >= 15 is 0 Å². The van der Waals surface area contributed by atoms with Gasteiger partial charge in [0.25, 0.3) is 5.91 Å². The van der Waals surface area contributed by atoms with Gasteiger partial charge in [0.15, 0.2) is 0 Å². The standard InChI is InChI=1S/C14H19N3O2S2/c1-10-17-13(9-21-10)11-7-12(16-8-11)14(19)15-3-6-20-5-2-4-18/h7-9,16,18H,2-6H2,1H3,(H,15,19). The second kappa shape index (κ2) is 8.21. The van der Waals surface area contributed by atoms with E-state index in [4.69, 9.17) is 5.11 Å². The Kier molecular flexibility index (Phi) is 6.28. The Morgan fingerprint density at radius 3 is 3.10 bits per heavy atom. The summed E-state index contributed by atoms with van der Waals surface area (Å²) >= 11 is 3.32. The number of nitrogens with zero attached hydrogens (tertiary/aromatic N) is 1. The van der Waals surface area contributed by atoms with Crippen LogP contribution in [0, 0.1) is 6.92 Å². The second-order valence-corrected chi connectivity index (χ2v) is 6.79. The number of rotatable bonds is 8. The van der Waals surface area contributed by atoms with Crippen LogP contribution in [0.15, 0.2) is 17.6 Å². The summed E-state index contributed by atoms with van der Waals surface area (Å²) in [6, 6.07) is 1.82. The lowest BCUT2D eigenvalue weighted by molar-refractivity contribution is 0.0952. The number of aryl methyl sites for hydroxylation is 1. The van der Waals surface area contributed by atoms with Crippen LogP contribution in [0.2, 0.25) is 0 Å². The molecule has 0 aliphatic carbocycles. The fourth-order valence-corrected chi connectivity index (χ4v) is 3.18. The van der Waals surface area contributed by atoms with Crippen LogP contribution < -0.4 is 5.32 Å². The molecule has 2 rings (SSSR count). The highest BCUT2D eigenvalue weighted by molar-refractivity contribution is 7.99. The molecule has 0 aliphatic rings. The van der Waals surface area contributed by atoms with Crippen LogP contribution in [0.3, 0.4) is 0 Å². The molecule has 21 heavy (non-hydrogen) atoms. The van der Waals surface area contributed by atoms with Crippen LogP contribution >= 0.6 is 23.1 Å². The molecule has 1 amide bonds. The normalized spacial score (nSPS) is 10.8. The molecular formula is C14H19N3O2S2. The van der Waals surface area contributed by atoms with Crippen molar-refractivity contribution in [3.63, 3.8) is 0 Å². The van der Waals surface area contributed by atoms with Crippen molar-refractivity contribution in [1.29, 1.82) is 0 Å². The van der Waals surface area contributed by atoms with E-state index in [-0.39, 0.29) is 12.5 Å². The van der Waals surface area contributed by atoms with Gasteiger partial charge in [-0.25, -0.2) is 4.98 Å². The molecule has 0 aromatic carbocycles. The number of aliphatic hydroxyl groups is 1. The Bertz CT molecular complexity index is 580. The van der Waals surface area contributed by atoms with Gasteiger partial charge in [0.1, 0.15) is 5.69 Å². The number of aromatic nitrogens is 2. The van der Waals surface area contributed by atoms with Crippen LogP contribution in [0.4, 0.5) is 0 Å². The van der Waals surface area contributed by atoms with Crippen LogP contribution in [-0.4, -0.2) is 45.6 Å². The second-order valence-electron chi connectivity index (χ2n) is 4.50. The van der Waals surface area contributed by atoms with Crippen LogP contribution in [0.25, 0.3) is 11.3 Å². The molecule has 2 aromatic heterocycles. The van der Waals surface area contributed by atoms with Crippen LogP contribution in [0.5, 0.6) is 0 Å². The Morgan fingerprint density at radius 1 is 1.52 bits per heavy atom. The highest BCUT2D eigenvalue weighted by Crippen LogP contribution is 2.22. The average Bonchev–Trinajstić information content (AvgIpc) is 3.11. The van der Waals surface area contributed by atoms with Crippen molar-refractivity contribution < 1.29 is 9.90 Å². The fraction of sp³-hybridized carbons (Fsp3) is 0.429. The van der Waals surface area contributed by atoms with E-state index in [2.05, 4.69) is 15.3 Å². The first-order chi connectivity index (χ1) is 10.2. The van der Waals surface area contributed by atoms with Crippen LogP contribution in [0.1, 0.15) is 21.9 Å². The Balaban J connectivity index is 1.79. The molecule has 2 aromatic rings. The van der Waals surface area contributed by atoms with Gasteiger partial charge in [-0.3, -0.25) is 4.79 Å². The lowest BCUT2D eigenvalue weighted by Crippen LogP contribution is -2.26. The Labute approximate surface area is 132 Å². The molecule has 0 unspecified atom stereocenters. The predicted molar refractivity (Wildman–Crippen MR) is 88.0 cm³/mol. The molecule has 2 heterocycles. The van der Waals surface area contributed by atoms with Gasteiger partial charge in [0.2, 0.25) is 0 Å². The molecule has 114 valence electrons. The molecule has 0 spiro atoms. The van der Waals surface area contributed by atoms with E-state index < -0.39 is 0 Å². The van der Waals surface area contributed by atoms with Gasteiger partial charge in [0.05, 0.1) is 10.7 Å². The van der Waals surface area contributed by atoms with E-state index in [0.717, 1.165) is 34.2 Å². The van der Waals surface area contributed by atoms with Gasteiger partial charge >= 0.3 is 0 Å². The lowest BCUT2D eigenvalue weighted by Gasteiger charge is -2.03. The quantitative estimate of drug-likeness (QED) is 0.651. The molecule has 0 bridgehead atoms. The Morgan fingerprint density at radius 2 is 2.38 bits per heavy atom. The molecular weight excluding hydrogens is 306 g/mol. The number of aromatic amines is 1. The zero-order valence-electron chi connectivity index (χ0n) is 11.9. The average molecular weight is 325 g/mol. The number of hydrogen-bond donors (Lipinski definition) is 3. The molecule has 0 radical (unpaired) electrons. The maximum Gasteiger partial charge on any atom is 0.267 e. The van der Waals surface area contributed by atoms with Crippen molar-refractivity contribution in [2.75, 3.05) is 24.7 Å². The predicted octanol–water partition coefficient (Wildman–Crippen LogP) is 2.29. The minimum Gasteiger partial charge on any atom is -0.396 e. The Hall–Kier alpha value is -1.31. The maximum atomic E-state index is 12.0. The van der Waals surface area contributed by atoms with Gasteiger partial charge in [-0.1, -0.05) is 0 Å². The van der Waals surface area contributed by atoms with E-state index in [1.54, 1.807) is 29.3 Å². The largest absolute Gasteiger partial charge is 0.396 e. The number of hydrogen-bond acceptors (Lipinski definition) is 5. The number of carbonyl (C=O) groups is 1. The van der Waals surface area contributed by atoms with Gasteiger partial charge in [-0.05, 0) is 25.2 Å². The number of thiazole rings is 1. The van der Waals surface area contributed by atoms with Gasteiger partial charge < -0.3 is 15.4 Å². The number of carbonyl (C=O) groups excluding carboxylic acids is 1. The van der Waals surface area contributed by atoms with E-state index in [0.29, 0.717) is 12.2 Å². The summed E-state index contributed by atoms with van der Waals surface area (Å²) in [7, 11) is 0. The van der Waals surface area contributed by atoms with Crippen molar-refractivity contribution in [2.24, 2.45) is 0 Å². The molecule has 5 nitrogen and oxygen atoms in total. The van der Waals surface area contributed by atoms with E-state index in [1.165, 1.54) is 0 Å². The highest BCUT2D eigenvalue weighted by Gasteiger charge is 2.10. The summed E-state index contributed by atoms with van der Waals surface area (Å²) in [5.41, 5.74) is 2.38. The third-order valence-electron chi connectivity index (χ3n) is 2.82. The van der Waals surface area contributed by atoms with Gasteiger partial charge in [0, 0.05) is 36.0 Å². The number of aliphatic hydroxyl groups excluding tert-OH is 1. The zero-order chi connectivity index (χ0) is 15.1. The smallest absolute Gasteiger partial charge is 0.267 e. The molecule has 0 atom stereocenters. The topological polar surface area (TPSA) is 78.0 Å². The lowest BCUT2D eigenvalue weighted by atomic mass is 10.2. The summed E-state index contributed by atoms with van der Waals surface area (Å²) in [5, 5.41) is 14.5. The monoisotopic (exact) mass is 325 g/mol. The summed E-state index contributed by atoms with van der Waals surface area (Å²) in [5.74, 6) is 1.67. The summed E-state index contributed by atoms with van der Waals surface area (Å²) in [4.78, 5) is 19.4. The number of amides is 1. The molecule has 0 saturated heterocycles. The first-order valence-corrected chi connectivity index (χ1v) is 8.82. The number of thioether (sulfide) groups is 1. The minimum absolute atomic E-state index is 0.101. The number of nitrogens with one attached hydrogen (secondary N) is 2. The molecule has 0 aliphatic heterocycles. The summed E-state index contributed by atoms with van der Waals surface area (Å²) < 4.78 is 0. The summed E-state index contributed by atoms with van der Waals surface area (Å²) in [6.07, 6.45) is 2.60. The first kappa shape index (κ1) is 16.1. The molecule has 7 heteroatoms. The van der Waals surface area contributed by atoms with Crippen molar-refractivity contribution in [1.82, 2.24) is 15.3 Å². The maximum absolute atomic E-state index is 12.0. The van der Waals surface area contributed by atoms with E-state index in [9.17, 15) is 4.79 Å². The van der Waals surface area contributed by atoms with Gasteiger partial charge in [-0.2, -0.15) is 11.8 Å². The van der Waals surface area contributed by atoms with Crippen molar-refractivity contribution in [2.45, 2.75) is 13.3 Å². The summed E-state index contributed by atoms with van der Waals surface area (Å²) in [6.45, 7) is 2.81. The van der Waals surface area contributed by atoms with Crippen molar-refractivity contribution in [3.05, 3.63) is 28.3 Å². The van der Waals surface area contributed by atoms with Gasteiger partial charge in [-0.15, -0.1) is 11.3 Å². The first-order valence-electron chi connectivity index (χ1n) is 6.78. The third-order valence-corrected chi connectivity index (χ3v) is 4.66.